The van der Waals surface area contributed by atoms with Crippen LogP contribution in [0.25, 0.3) is 15.3 Å². The first-order chi connectivity index (χ1) is 11.3. The lowest BCUT2D eigenvalue weighted by molar-refractivity contribution is -0.117. The Hall–Kier alpha value is -2.69. The van der Waals surface area contributed by atoms with E-state index in [1.54, 1.807) is 12.5 Å². The molecule has 0 aliphatic carbocycles. The number of rotatable bonds is 6. The van der Waals surface area contributed by atoms with Crippen molar-refractivity contribution in [3.63, 3.8) is 0 Å². The molecule has 23 heavy (non-hydrogen) atoms. The first-order valence-electron chi connectivity index (χ1n) is 6.96. The number of amides is 1. The molecule has 0 saturated carbocycles. The second-order valence-electron chi connectivity index (χ2n) is 4.70. The van der Waals surface area contributed by atoms with Crippen LogP contribution in [-0.2, 0) is 9.53 Å². The number of ether oxygens (including phenoxy) is 1. The second-order valence-corrected chi connectivity index (χ2v) is 5.71. The summed E-state index contributed by atoms with van der Waals surface area (Å²) in [7, 11) is 0. The predicted molar refractivity (Wildman–Crippen MR) is 89.6 cm³/mol. The van der Waals surface area contributed by atoms with Crippen LogP contribution >= 0.6 is 11.3 Å². The van der Waals surface area contributed by atoms with Crippen LogP contribution in [0, 0.1) is 12.3 Å². The van der Waals surface area contributed by atoms with Gasteiger partial charge in [-0.1, -0.05) is 17.3 Å². The number of hydrogen-bond acceptors (Lipinski definition) is 5. The van der Waals surface area contributed by atoms with Gasteiger partial charge in [0.25, 0.3) is 0 Å². The first kappa shape index (κ1) is 15.2. The Morgan fingerprint density at radius 1 is 1.48 bits per heavy atom. The van der Waals surface area contributed by atoms with E-state index in [4.69, 9.17) is 11.2 Å². The fourth-order valence-electron chi connectivity index (χ4n) is 1.99. The fraction of sp³-hybridized carbons (Fsp3) is 0.188. The number of aromatic nitrogens is 3. The number of carbonyl (C=O) groups excluding carboxylic acids is 1. The molecule has 0 aliphatic rings. The van der Waals surface area contributed by atoms with Crippen molar-refractivity contribution in [1.29, 1.82) is 0 Å². The highest BCUT2D eigenvalue weighted by molar-refractivity contribution is 7.20. The number of nitrogens with zero attached hydrogens (tertiary/aromatic N) is 3. The summed E-state index contributed by atoms with van der Waals surface area (Å²) in [6.45, 7) is 0.529. The summed E-state index contributed by atoms with van der Waals surface area (Å²) in [6.07, 6.45) is 10.6. The summed E-state index contributed by atoms with van der Waals surface area (Å²) >= 11 is 1.53. The molecule has 3 rings (SSSR count). The number of imidazole rings is 1. The van der Waals surface area contributed by atoms with Crippen LogP contribution in [-0.4, -0.2) is 33.7 Å². The highest BCUT2D eigenvalue weighted by atomic mass is 32.1. The lowest BCUT2D eigenvalue weighted by Gasteiger charge is -2.04. The first-order valence-corrected chi connectivity index (χ1v) is 7.78. The highest BCUT2D eigenvalue weighted by Gasteiger charge is 2.08. The molecule has 0 spiro atoms. The summed E-state index contributed by atoms with van der Waals surface area (Å²) in [5.41, 5.74) is 1.62. The topological polar surface area (TPSA) is 69.0 Å². The second kappa shape index (κ2) is 7.05. The Labute approximate surface area is 137 Å². The fourth-order valence-corrected chi connectivity index (χ4v) is 2.95. The maximum absolute atomic E-state index is 11.8. The van der Waals surface area contributed by atoms with Gasteiger partial charge in [-0.15, -0.1) is 6.42 Å². The van der Waals surface area contributed by atoms with E-state index in [0.29, 0.717) is 6.61 Å². The molecule has 3 aromatic rings. The summed E-state index contributed by atoms with van der Waals surface area (Å²) in [5, 5.41) is 3.68. The van der Waals surface area contributed by atoms with Crippen molar-refractivity contribution in [2.75, 3.05) is 18.5 Å². The highest BCUT2D eigenvalue weighted by Crippen LogP contribution is 2.27. The number of benzene rings is 1. The van der Waals surface area contributed by atoms with E-state index in [1.165, 1.54) is 11.3 Å². The molecule has 2 heterocycles. The van der Waals surface area contributed by atoms with E-state index in [-0.39, 0.29) is 18.9 Å². The molecular formula is C16H14N4O2S. The summed E-state index contributed by atoms with van der Waals surface area (Å²) in [4.78, 5) is 20.4. The van der Waals surface area contributed by atoms with Gasteiger partial charge in [0, 0.05) is 18.1 Å². The number of thiazole rings is 1. The minimum atomic E-state index is -0.110. The van der Waals surface area contributed by atoms with Gasteiger partial charge in [-0.05, 0) is 18.2 Å². The minimum Gasteiger partial charge on any atom is -0.368 e. The number of carbonyl (C=O) groups is 1. The van der Waals surface area contributed by atoms with Gasteiger partial charge in [0.1, 0.15) is 12.9 Å². The lowest BCUT2D eigenvalue weighted by atomic mass is 10.3. The van der Waals surface area contributed by atoms with Crippen LogP contribution < -0.4 is 5.32 Å². The largest absolute Gasteiger partial charge is 0.368 e. The zero-order valence-electron chi connectivity index (χ0n) is 12.2. The van der Waals surface area contributed by atoms with Gasteiger partial charge in [0.2, 0.25) is 5.91 Å². The Balaban J connectivity index is 1.68. The Morgan fingerprint density at radius 2 is 2.39 bits per heavy atom. The standard InChI is InChI=1S/C16H14N4O2S/c1-2-8-22-9-5-15(21)18-12-3-4-13-14(10-12)23-16(19-13)20-7-6-17-11-20/h1,3-4,6-7,10-11H,5,8-9H2,(H,18,21). The Bertz CT molecular complexity index is 849. The number of fused-ring (bicyclic) bond motifs is 1. The van der Waals surface area contributed by atoms with Gasteiger partial charge >= 0.3 is 0 Å². The van der Waals surface area contributed by atoms with E-state index in [9.17, 15) is 4.79 Å². The Morgan fingerprint density at radius 3 is 3.17 bits per heavy atom. The van der Waals surface area contributed by atoms with Crippen LogP contribution in [0.1, 0.15) is 6.42 Å². The third-order valence-corrected chi connectivity index (χ3v) is 4.08. The monoisotopic (exact) mass is 326 g/mol. The summed E-state index contributed by atoms with van der Waals surface area (Å²) in [6, 6.07) is 5.63. The zero-order valence-corrected chi connectivity index (χ0v) is 13.0. The number of hydrogen-bond donors (Lipinski definition) is 1. The average Bonchev–Trinajstić information content (AvgIpc) is 3.19. The number of anilines is 1. The van der Waals surface area contributed by atoms with Gasteiger partial charge in [0.15, 0.2) is 5.13 Å². The van der Waals surface area contributed by atoms with Crippen molar-refractivity contribution in [3.8, 4) is 17.5 Å². The van der Waals surface area contributed by atoms with Crippen molar-refractivity contribution in [2.24, 2.45) is 0 Å². The van der Waals surface area contributed by atoms with Crippen LogP contribution in [0.5, 0.6) is 0 Å². The molecule has 0 bridgehead atoms. The smallest absolute Gasteiger partial charge is 0.226 e. The van der Waals surface area contributed by atoms with Crippen LogP contribution in [0.2, 0.25) is 0 Å². The molecule has 7 heteroatoms. The minimum absolute atomic E-state index is 0.110. The molecule has 0 aliphatic heterocycles. The number of terminal acetylenes is 1. The molecular weight excluding hydrogens is 312 g/mol. The molecule has 1 N–H and O–H groups in total. The summed E-state index contributed by atoms with van der Waals surface area (Å²) < 4.78 is 7.94. The van der Waals surface area contributed by atoms with Crippen molar-refractivity contribution in [3.05, 3.63) is 36.9 Å². The van der Waals surface area contributed by atoms with Gasteiger partial charge in [-0.25, -0.2) is 9.97 Å². The van der Waals surface area contributed by atoms with Crippen LogP contribution in [0.3, 0.4) is 0 Å². The lowest BCUT2D eigenvalue weighted by Crippen LogP contribution is -2.14. The molecule has 6 nitrogen and oxygen atoms in total. The van der Waals surface area contributed by atoms with Crippen molar-refractivity contribution < 1.29 is 9.53 Å². The molecule has 1 aromatic carbocycles. The molecule has 0 saturated heterocycles. The van der Waals surface area contributed by atoms with Gasteiger partial charge < -0.3 is 10.1 Å². The molecule has 1 amide bonds. The normalized spacial score (nSPS) is 10.6. The third kappa shape index (κ3) is 3.74. The zero-order chi connectivity index (χ0) is 16.1. The third-order valence-electron chi connectivity index (χ3n) is 3.05. The summed E-state index contributed by atoms with van der Waals surface area (Å²) in [5.74, 6) is 2.25. The van der Waals surface area contributed by atoms with Gasteiger partial charge in [0.05, 0.1) is 23.2 Å². The Kier molecular flexibility index (Phi) is 4.66. The van der Waals surface area contributed by atoms with Gasteiger partial charge in [-0.3, -0.25) is 9.36 Å². The predicted octanol–water partition coefficient (Wildman–Crippen LogP) is 2.46. The molecule has 0 atom stereocenters. The maximum Gasteiger partial charge on any atom is 0.226 e. The molecule has 0 fully saturated rings. The van der Waals surface area contributed by atoms with Crippen molar-refractivity contribution >= 4 is 33.1 Å². The molecule has 0 radical (unpaired) electrons. The average molecular weight is 326 g/mol. The SMILES string of the molecule is C#CCOCCC(=O)Nc1ccc2nc(-n3ccnc3)sc2c1. The molecule has 116 valence electrons. The van der Waals surface area contributed by atoms with E-state index in [1.807, 2.05) is 29.0 Å². The van der Waals surface area contributed by atoms with E-state index in [2.05, 4.69) is 21.2 Å². The van der Waals surface area contributed by atoms with Crippen LogP contribution in [0.15, 0.2) is 36.9 Å². The van der Waals surface area contributed by atoms with E-state index >= 15 is 0 Å². The van der Waals surface area contributed by atoms with Gasteiger partial charge in [-0.2, -0.15) is 0 Å². The van der Waals surface area contributed by atoms with Crippen molar-refractivity contribution in [2.45, 2.75) is 6.42 Å². The quantitative estimate of drug-likeness (QED) is 0.558. The van der Waals surface area contributed by atoms with E-state index < -0.39 is 0 Å². The number of nitrogens with one attached hydrogen (secondary N) is 1. The molecule has 2 aromatic heterocycles. The van der Waals surface area contributed by atoms with Crippen LogP contribution in [0.4, 0.5) is 5.69 Å². The van der Waals surface area contributed by atoms with Crippen molar-refractivity contribution in [1.82, 2.24) is 14.5 Å². The van der Waals surface area contributed by atoms with E-state index in [0.717, 1.165) is 21.0 Å². The maximum atomic E-state index is 11.8. The molecule has 0 unspecified atom stereocenters.